The van der Waals surface area contributed by atoms with Crippen LogP contribution in [0.1, 0.15) is 16.9 Å². The second-order valence-electron chi connectivity index (χ2n) is 5.67. The molecule has 1 aromatic heterocycles. The summed E-state index contributed by atoms with van der Waals surface area (Å²) < 4.78 is 11.2. The fourth-order valence-corrected chi connectivity index (χ4v) is 2.62. The number of methoxy groups -OCH3 is 1. The first-order chi connectivity index (χ1) is 11.5. The number of anilines is 1. The van der Waals surface area contributed by atoms with Gasteiger partial charge < -0.3 is 25.0 Å². The Morgan fingerprint density at radius 2 is 2.21 bits per heavy atom. The van der Waals surface area contributed by atoms with Crippen LogP contribution in [0.2, 0.25) is 0 Å². The van der Waals surface area contributed by atoms with Crippen molar-refractivity contribution in [3.63, 3.8) is 0 Å². The van der Waals surface area contributed by atoms with Crippen LogP contribution < -0.4 is 10.6 Å². The number of hydrogen-bond acceptors (Lipinski definition) is 6. The zero-order chi connectivity index (χ0) is 17.6. The van der Waals surface area contributed by atoms with Crippen molar-refractivity contribution in [2.45, 2.75) is 12.0 Å². The van der Waals surface area contributed by atoms with Crippen molar-refractivity contribution in [2.24, 2.45) is 0 Å². The van der Waals surface area contributed by atoms with Gasteiger partial charge in [0.25, 0.3) is 5.91 Å². The lowest BCUT2D eigenvalue weighted by Crippen LogP contribution is -2.50. The van der Waals surface area contributed by atoms with Gasteiger partial charge in [-0.25, -0.2) is 4.98 Å². The number of nitrogens with one attached hydrogen (secondary N) is 2. The van der Waals surface area contributed by atoms with E-state index in [2.05, 4.69) is 15.6 Å². The molecule has 2 N–H and O–H groups in total. The molecular weight excluding hydrogens is 312 g/mol. The summed E-state index contributed by atoms with van der Waals surface area (Å²) in [6, 6.07) is 5.23. The van der Waals surface area contributed by atoms with Crippen LogP contribution in [0.15, 0.2) is 18.2 Å². The Bertz CT molecular complexity index is 595. The fraction of sp³-hybridized carbons (Fsp3) is 0.562. The van der Waals surface area contributed by atoms with Crippen molar-refractivity contribution in [1.29, 1.82) is 0 Å². The second kappa shape index (κ2) is 8.07. The summed E-state index contributed by atoms with van der Waals surface area (Å²) in [5.74, 6) is 0.247. The molecule has 0 saturated carbocycles. The first-order valence-electron chi connectivity index (χ1n) is 7.81. The SMILES string of the molecule is CNC(=O)C[C@@]1(OC)COCCN(C(=O)c2cccc(NC)n2)C1. The molecule has 1 fully saturated rings. The van der Waals surface area contributed by atoms with Crippen LogP contribution in [0.25, 0.3) is 0 Å². The number of ether oxygens (including phenoxy) is 2. The highest BCUT2D eigenvalue weighted by molar-refractivity contribution is 5.92. The molecule has 0 aliphatic carbocycles. The van der Waals surface area contributed by atoms with Gasteiger partial charge in [0.2, 0.25) is 5.91 Å². The van der Waals surface area contributed by atoms with Crippen molar-refractivity contribution < 1.29 is 19.1 Å². The van der Waals surface area contributed by atoms with Gasteiger partial charge in [0.1, 0.15) is 17.1 Å². The third-order valence-electron chi connectivity index (χ3n) is 4.06. The van der Waals surface area contributed by atoms with Crippen LogP contribution in [0.3, 0.4) is 0 Å². The molecule has 0 unspecified atom stereocenters. The Balaban J connectivity index is 2.21. The fourth-order valence-electron chi connectivity index (χ4n) is 2.62. The van der Waals surface area contributed by atoms with Crippen LogP contribution in [0, 0.1) is 0 Å². The highest BCUT2D eigenvalue weighted by atomic mass is 16.5. The Labute approximate surface area is 141 Å². The second-order valence-corrected chi connectivity index (χ2v) is 5.67. The predicted octanol–water partition coefficient (Wildman–Crippen LogP) is 0.117. The van der Waals surface area contributed by atoms with E-state index in [0.29, 0.717) is 24.7 Å². The number of aromatic nitrogens is 1. The first-order valence-corrected chi connectivity index (χ1v) is 7.81. The third kappa shape index (κ3) is 4.21. The molecule has 8 nitrogen and oxygen atoms in total. The van der Waals surface area contributed by atoms with Gasteiger partial charge in [-0.15, -0.1) is 0 Å². The number of pyridine rings is 1. The van der Waals surface area contributed by atoms with Gasteiger partial charge in [0, 0.05) is 27.7 Å². The minimum atomic E-state index is -0.868. The molecule has 1 aromatic rings. The molecule has 1 saturated heterocycles. The van der Waals surface area contributed by atoms with Gasteiger partial charge in [-0.3, -0.25) is 9.59 Å². The minimum absolute atomic E-state index is 0.119. The normalized spacial score (nSPS) is 21.0. The molecule has 24 heavy (non-hydrogen) atoms. The molecular formula is C16H24N4O4. The van der Waals surface area contributed by atoms with Crippen LogP contribution in [0.4, 0.5) is 5.82 Å². The van der Waals surface area contributed by atoms with E-state index >= 15 is 0 Å². The standard InChI is InChI=1S/C16H24N4O4/c1-17-13-6-4-5-12(19-13)15(22)20-7-8-24-11-16(10-20,23-3)9-14(21)18-2/h4-6H,7-11H2,1-3H3,(H,17,19)(H,18,21)/t16-/m0/s1. The quantitative estimate of drug-likeness (QED) is 0.793. The van der Waals surface area contributed by atoms with Gasteiger partial charge in [-0.2, -0.15) is 0 Å². The van der Waals surface area contributed by atoms with Crippen LogP contribution in [-0.2, 0) is 14.3 Å². The lowest BCUT2D eigenvalue weighted by molar-refractivity contribution is -0.131. The van der Waals surface area contributed by atoms with Crippen molar-refractivity contribution in [2.75, 3.05) is 52.8 Å². The molecule has 8 heteroatoms. The van der Waals surface area contributed by atoms with E-state index in [1.54, 1.807) is 37.2 Å². The molecule has 1 atom stereocenters. The molecule has 0 spiro atoms. The van der Waals surface area contributed by atoms with Gasteiger partial charge >= 0.3 is 0 Å². The summed E-state index contributed by atoms with van der Waals surface area (Å²) in [7, 11) is 4.84. The van der Waals surface area contributed by atoms with Crippen LogP contribution >= 0.6 is 0 Å². The van der Waals surface area contributed by atoms with E-state index in [4.69, 9.17) is 9.47 Å². The van der Waals surface area contributed by atoms with E-state index in [0.717, 1.165) is 0 Å². The molecule has 2 amide bonds. The van der Waals surface area contributed by atoms with Gasteiger partial charge in [0.05, 0.1) is 26.2 Å². The lowest BCUT2D eigenvalue weighted by Gasteiger charge is -2.33. The van der Waals surface area contributed by atoms with E-state index < -0.39 is 5.60 Å². The lowest BCUT2D eigenvalue weighted by atomic mass is 9.99. The first kappa shape index (κ1) is 18.2. The number of nitrogens with zero attached hydrogens (tertiary/aromatic N) is 2. The minimum Gasteiger partial charge on any atom is -0.377 e. The van der Waals surface area contributed by atoms with E-state index in [9.17, 15) is 9.59 Å². The molecule has 0 radical (unpaired) electrons. The van der Waals surface area contributed by atoms with Crippen molar-refractivity contribution in [3.8, 4) is 0 Å². The Hall–Kier alpha value is -2.19. The molecule has 2 heterocycles. The van der Waals surface area contributed by atoms with Crippen molar-refractivity contribution in [3.05, 3.63) is 23.9 Å². The predicted molar refractivity (Wildman–Crippen MR) is 88.9 cm³/mol. The van der Waals surface area contributed by atoms with Crippen molar-refractivity contribution >= 4 is 17.6 Å². The molecule has 0 bridgehead atoms. The summed E-state index contributed by atoms with van der Waals surface area (Å²) in [5.41, 5.74) is -0.527. The maximum absolute atomic E-state index is 12.8. The highest BCUT2D eigenvalue weighted by Gasteiger charge is 2.38. The van der Waals surface area contributed by atoms with Crippen LogP contribution in [-0.4, -0.2) is 74.8 Å². The Morgan fingerprint density at radius 3 is 2.88 bits per heavy atom. The molecule has 132 valence electrons. The Kier molecular flexibility index (Phi) is 6.10. The van der Waals surface area contributed by atoms with E-state index in [-0.39, 0.29) is 31.4 Å². The Morgan fingerprint density at radius 1 is 1.42 bits per heavy atom. The largest absolute Gasteiger partial charge is 0.377 e. The number of carbonyl (C=O) groups excluding carboxylic acids is 2. The summed E-state index contributed by atoms with van der Waals surface area (Å²) in [6.07, 6.45) is 0.119. The average Bonchev–Trinajstić information content (AvgIpc) is 2.84. The number of hydrogen-bond donors (Lipinski definition) is 2. The molecule has 1 aliphatic rings. The smallest absolute Gasteiger partial charge is 0.272 e. The van der Waals surface area contributed by atoms with Gasteiger partial charge in [0.15, 0.2) is 0 Å². The summed E-state index contributed by atoms with van der Waals surface area (Å²) in [5, 5.41) is 5.50. The highest BCUT2D eigenvalue weighted by Crippen LogP contribution is 2.22. The van der Waals surface area contributed by atoms with E-state index in [1.165, 1.54) is 7.11 Å². The van der Waals surface area contributed by atoms with Crippen LogP contribution in [0.5, 0.6) is 0 Å². The zero-order valence-electron chi connectivity index (χ0n) is 14.3. The molecule has 0 aromatic carbocycles. The molecule has 1 aliphatic heterocycles. The van der Waals surface area contributed by atoms with Gasteiger partial charge in [-0.1, -0.05) is 6.07 Å². The topological polar surface area (TPSA) is 92.8 Å². The maximum atomic E-state index is 12.8. The van der Waals surface area contributed by atoms with E-state index in [1.807, 2.05) is 0 Å². The third-order valence-corrected chi connectivity index (χ3v) is 4.06. The monoisotopic (exact) mass is 336 g/mol. The average molecular weight is 336 g/mol. The number of amides is 2. The van der Waals surface area contributed by atoms with Gasteiger partial charge in [-0.05, 0) is 12.1 Å². The summed E-state index contributed by atoms with van der Waals surface area (Å²) >= 11 is 0. The molecule has 2 rings (SSSR count). The van der Waals surface area contributed by atoms with Crippen molar-refractivity contribution in [1.82, 2.24) is 15.2 Å². The number of carbonyl (C=O) groups is 2. The zero-order valence-corrected chi connectivity index (χ0v) is 14.3. The number of rotatable bonds is 5. The summed E-state index contributed by atoms with van der Waals surface area (Å²) in [4.78, 5) is 30.5. The summed E-state index contributed by atoms with van der Waals surface area (Å²) in [6.45, 7) is 1.32. The maximum Gasteiger partial charge on any atom is 0.272 e.